The minimum absolute atomic E-state index is 0.0313. The van der Waals surface area contributed by atoms with Gasteiger partial charge in [-0.2, -0.15) is 0 Å². The molecule has 0 aliphatic heterocycles. The van der Waals surface area contributed by atoms with Crippen molar-refractivity contribution in [3.63, 3.8) is 0 Å². The Bertz CT molecular complexity index is 347. The first-order valence-corrected chi connectivity index (χ1v) is 5.71. The van der Waals surface area contributed by atoms with Gasteiger partial charge in [-0.3, -0.25) is 4.98 Å². The average molecular weight is 243 g/mol. The van der Waals surface area contributed by atoms with Gasteiger partial charge in [0.05, 0.1) is 11.2 Å². The summed E-state index contributed by atoms with van der Waals surface area (Å²) in [6.45, 7) is 8.23. The summed E-state index contributed by atoms with van der Waals surface area (Å²) in [6.07, 6.45) is 3.15. The van der Waals surface area contributed by atoms with Crippen molar-refractivity contribution in [3.8, 4) is 5.75 Å². The Balaban J connectivity index is 2.84. The third kappa shape index (κ3) is 3.65. The largest absolute Gasteiger partial charge is 0.487 e. The fraction of sp³-hybridized carbons (Fsp3) is 0.583. The van der Waals surface area contributed by atoms with Crippen LogP contribution in [0.3, 0.4) is 0 Å². The summed E-state index contributed by atoms with van der Waals surface area (Å²) < 4.78 is 5.85. The minimum atomic E-state index is -0.0761. The van der Waals surface area contributed by atoms with Gasteiger partial charge in [0, 0.05) is 23.7 Å². The van der Waals surface area contributed by atoms with Gasteiger partial charge in [-0.15, -0.1) is 0 Å². The average Bonchev–Trinajstić information content (AvgIpc) is 2.12. The van der Waals surface area contributed by atoms with Gasteiger partial charge >= 0.3 is 0 Å². The van der Waals surface area contributed by atoms with Gasteiger partial charge < -0.3 is 10.5 Å². The van der Waals surface area contributed by atoms with Gasteiger partial charge in [0.25, 0.3) is 0 Å². The molecule has 90 valence electrons. The zero-order chi connectivity index (χ0) is 12.3. The molecule has 3 nitrogen and oxygen atoms in total. The lowest BCUT2D eigenvalue weighted by molar-refractivity contribution is 0.0681. The second-order valence-corrected chi connectivity index (χ2v) is 5.54. The molecule has 4 heteroatoms. The van der Waals surface area contributed by atoms with Crippen LogP contribution in [0.2, 0.25) is 5.02 Å². The molecule has 0 aliphatic rings. The maximum absolute atomic E-state index is 5.93. The van der Waals surface area contributed by atoms with E-state index in [-0.39, 0.29) is 17.6 Å². The second kappa shape index (κ2) is 5.02. The summed E-state index contributed by atoms with van der Waals surface area (Å²) in [5, 5.41) is 0.565. The molecular formula is C12H19ClN2O. The van der Waals surface area contributed by atoms with E-state index in [2.05, 4.69) is 25.8 Å². The molecule has 1 aromatic rings. The van der Waals surface area contributed by atoms with Crippen LogP contribution in [0.4, 0.5) is 0 Å². The number of halogens is 1. The van der Waals surface area contributed by atoms with Crippen molar-refractivity contribution < 1.29 is 4.74 Å². The van der Waals surface area contributed by atoms with Gasteiger partial charge in [-0.25, -0.2) is 0 Å². The molecule has 2 atom stereocenters. The lowest BCUT2D eigenvalue weighted by atomic mass is 9.85. The number of nitrogens with zero attached hydrogens (tertiary/aromatic N) is 1. The predicted molar refractivity (Wildman–Crippen MR) is 66.8 cm³/mol. The summed E-state index contributed by atoms with van der Waals surface area (Å²) in [5.74, 6) is 0.657. The third-order valence-electron chi connectivity index (χ3n) is 2.27. The van der Waals surface area contributed by atoms with E-state index < -0.39 is 0 Å². The van der Waals surface area contributed by atoms with Crippen molar-refractivity contribution in [2.24, 2.45) is 11.1 Å². The Morgan fingerprint density at radius 1 is 1.38 bits per heavy atom. The van der Waals surface area contributed by atoms with Gasteiger partial charge in [0.15, 0.2) is 0 Å². The van der Waals surface area contributed by atoms with E-state index in [9.17, 15) is 0 Å². The highest BCUT2D eigenvalue weighted by Crippen LogP contribution is 2.27. The van der Waals surface area contributed by atoms with Gasteiger partial charge in [-0.05, 0) is 6.92 Å². The van der Waals surface area contributed by atoms with Gasteiger partial charge in [0.2, 0.25) is 0 Å². The molecule has 0 aliphatic carbocycles. The van der Waals surface area contributed by atoms with Crippen molar-refractivity contribution >= 4 is 11.6 Å². The van der Waals surface area contributed by atoms with Crippen LogP contribution in [0.5, 0.6) is 5.75 Å². The zero-order valence-electron chi connectivity index (χ0n) is 10.2. The molecule has 0 aromatic carbocycles. The van der Waals surface area contributed by atoms with Crippen molar-refractivity contribution in [1.29, 1.82) is 0 Å². The summed E-state index contributed by atoms with van der Waals surface area (Å²) in [4.78, 5) is 3.98. The first-order chi connectivity index (χ1) is 7.30. The topological polar surface area (TPSA) is 48.1 Å². The molecule has 1 rings (SSSR count). The van der Waals surface area contributed by atoms with Crippen LogP contribution < -0.4 is 10.5 Å². The second-order valence-electron chi connectivity index (χ2n) is 5.10. The van der Waals surface area contributed by atoms with Crippen LogP contribution in [-0.2, 0) is 0 Å². The number of hydrogen-bond donors (Lipinski definition) is 1. The number of hydrogen-bond acceptors (Lipinski definition) is 3. The predicted octanol–water partition coefficient (Wildman–Crippen LogP) is 2.88. The lowest BCUT2D eigenvalue weighted by Crippen LogP contribution is -2.45. The van der Waals surface area contributed by atoms with Crippen molar-refractivity contribution in [1.82, 2.24) is 4.98 Å². The van der Waals surface area contributed by atoms with Crippen LogP contribution in [0, 0.1) is 5.41 Å². The number of nitrogens with two attached hydrogens (primary N) is 1. The van der Waals surface area contributed by atoms with Gasteiger partial charge in [0.1, 0.15) is 11.9 Å². The molecule has 1 aromatic heterocycles. The molecule has 16 heavy (non-hydrogen) atoms. The summed E-state index contributed by atoms with van der Waals surface area (Å²) in [7, 11) is 0. The fourth-order valence-electron chi connectivity index (χ4n) is 1.68. The Kier molecular flexibility index (Phi) is 4.16. The molecule has 0 radical (unpaired) electrons. The number of aromatic nitrogens is 1. The summed E-state index contributed by atoms with van der Waals surface area (Å²) >= 11 is 5.85. The molecule has 0 spiro atoms. The van der Waals surface area contributed by atoms with Crippen LogP contribution in [0.15, 0.2) is 18.5 Å². The maximum atomic E-state index is 5.93. The first-order valence-electron chi connectivity index (χ1n) is 5.33. The Morgan fingerprint density at radius 3 is 2.44 bits per heavy atom. The Labute approximate surface area is 102 Å². The van der Waals surface area contributed by atoms with E-state index in [0.29, 0.717) is 10.8 Å². The summed E-state index contributed by atoms with van der Waals surface area (Å²) in [6, 6.07) is 1.69. The van der Waals surface area contributed by atoms with E-state index in [4.69, 9.17) is 22.1 Å². The highest BCUT2D eigenvalue weighted by molar-refractivity contribution is 6.30. The molecular weight excluding hydrogens is 224 g/mol. The van der Waals surface area contributed by atoms with Crippen LogP contribution in [0.25, 0.3) is 0 Å². The maximum Gasteiger partial charge on any atom is 0.139 e. The Morgan fingerprint density at radius 2 is 2.00 bits per heavy atom. The number of ether oxygens (including phenoxy) is 1. The monoisotopic (exact) mass is 242 g/mol. The quantitative estimate of drug-likeness (QED) is 0.887. The van der Waals surface area contributed by atoms with Crippen LogP contribution >= 0.6 is 11.6 Å². The standard InChI is InChI=1S/C12H19ClN2O/c1-8(14)11(12(2,3)4)16-10-5-9(13)6-15-7-10/h5-8,11H,14H2,1-4H3. The molecule has 0 saturated heterocycles. The SMILES string of the molecule is CC(N)C(Oc1cncc(Cl)c1)C(C)(C)C. The Hall–Kier alpha value is -0.800. The molecule has 0 fully saturated rings. The van der Waals surface area contributed by atoms with Crippen molar-refractivity contribution in [2.75, 3.05) is 0 Å². The normalized spacial score (nSPS) is 15.6. The van der Waals surface area contributed by atoms with Crippen LogP contribution in [-0.4, -0.2) is 17.1 Å². The van der Waals surface area contributed by atoms with E-state index in [1.807, 2.05) is 6.92 Å². The van der Waals surface area contributed by atoms with Crippen molar-refractivity contribution in [3.05, 3.63) is 23.5 Å². The van der Waals surface area contributed by atoms with Crippen LogP contribution in [0.1, 0.15) is 27.7 Å². The molecule has 1 heterocycles. The third-order valence-corrected chi connectivity index (χ3v) is 2.48. The van der Waals surface area contributed by atoms with E-state index >= 15 is 0 Å². The molecule has 2 unspecified atom stereocenters. The highest BCUT2D eigenvalue weighted by atomic mass is 35.5. The lowest BCUT2D eigenvalue weighted by Gasteiger charge is -2.33. The van der Waals surface area contributed by atoms with E-state index in [1.54, 1.807) is 18.5 Å². The van der Waals surface area contributed by atoms with Gasteiger partial charge in [-0.1, -0.05) is 32.4 Å². The van der Waals surface area contributed by atoms with E-state index in [0.717, 1.165) is 0 Å². The first kappa shape index (κ1) is 13.3. The number of rotatable bonds is 3. The number of pyridine rings is 1. The highest BCUT2D eigenvalue weighted by Gasteiger charge is 2.30. The molecule has 2 N–H and O–H groups in total. The molecule has 0 amide bonds. The smallest absolute Gasteiger partial charge is 0.139 e. The summed E-state index contributed by atoms with van der Waals surface area (Å²) in [5.41, 5.74) is 5.90. The zero-order valence-corrected chi connectivity index (χ0v) is 11.0. The van der Waals surface area contributed by atoms with E-state index in [1.165, 1.54) is 0 Å². The minimum Gasteiger partial charge on any atom is -0.487 e. The van der Waals surface area contributed by atoms with Crippen molar-refractivity contribution in [2.45, 2.75) is 39.8 Å². The molecule has 0 bridgehead atoms. The fourth-order valence-corrected chi connectivity index (χ4v) is 1.84. The molecule has 0 saturated carbocycles.